The summed E-state index contributed by atoms with van der Waals surface area (Å²) >= 11 is 1.27. The van der Waals surface area contributed by atoms with Crippen LogP contribution in [0.15, 0.2) is 82.7 Å². The number of para-hydroxylation sites is 1. The van der Waals surface area contributed by atoms with E-state index in [1.54, 1.807) is 22.8 Å². The van der Waals surface area contributed by atoms with E-state index in [0.29, 0.717) is 34.5 Å². The summed E-state index contributed by atoms with van der Waals surface area (Å²) in [6.45, 7) is 1.97. The summed E-state index contributed by atoms with van der Waals surface area (Å²) in [5.41, 5.74) is 3.81. The van der Waals surface area contributed by atoms with Crippen LogP contribution in [0.2, 0.25) is 0 Å². The van der Waals surface area contributed by atoms with E-state index in [1.165, 1.54) is 11.8 Å². The van der Waals surface area contributed by atoms with Gasteiger partial charge in [-0.3, -0.25) is 19.0 Å². The van der Waals surface area contributed by atoms with Crippen molar-refractivity contribution in [2.75, 3.05) is 11.1 Å². The molecule has 170 valence electrons. The van der Waals surface area contributed by atoms with Gasteiger partial charge in [-0.15, -0.1) is 0 Å². The molecule has 34 heavy (non-hydrogen) atoms. The van der Waals surface area contributed by atoms with E-state index in [-0.39, 0.29) is 29.0 Å². The molecule has 5 rings (SSSR count). The van der Waals surface area contributed by atoms with E-state index < -0.39 is 0 Å². The van der Waals surface area contributed by atoms with E-state index in [2.05, 4.69) is 5.32 Å². The zero-order chi connectivity index (χ0) is 23.7. The average Bonchev–Trinajstić information content (AvgIpc) is 2.87. The van der Waals surface area contributed by atoms with Gasteiger partial charge in [0.05, 0.1) is 22.7 Å². The second-order valence-corrected chi connectivity index (χ2v) is 9.25. The molecule has 0 saturated carbocycles. The number of rotatable bonds is 6. The summed E-state index contributed by atoms with van der Waals surface area (Å²) in [6.07, 6.45) is 1.04. The summed E-state index contributed by atoms with van der Waals surface area (Å²) < 4.78 is 1.68. The highest BCUT2D eigenvalue weighted by Gasteiger charge is 2.20. The number of nitrogens with zero attached hydrogens (tertiary/aromatic N) is 2. The molecule has 0 bridgehead atoms. The molecule has 1 atom stereocenters. The Morgan fingerprint density at radius 3 is 2.62 bits per heavy atom. The fraction of sp³-hybridized carbons (Fsp3) is 0.185. The van der Waals surface area contributed by atoms with Crippen molar-refractivity contribution in [1.29, 1.82) is 0 Å². The van der Waals surface area contributed by atoms with Crippen LogP contribution in [0.5, 0.6) is 0 Å². The van der Waals surface area contributed by atoms with Gasteiger partial charge in [-0.05, 0) is 54.8 Å². The molecule has 3 aromatic carbocycles. The zero-order valence-electron chi connectivity index (χ0n) is 18.7. The van der Waals surface area contributed by atoms with Crippen LogP contribution in [0, 0.1) is 0 Å². The maximum Gasteiger partial charge on any atom is 0.262 e. The molecule has 6 nitrogen and oxygen atoms in total. The molecule has 1 aliphatic heterocycles. The third-order valence-electron chi connectivity index (χ3n) is 6.10. The molecule has 0 aliphatic carbocycles. The number of hydrogen-bond donors (Lipinski definition) is 1. The number of Topliss-reactive ketones (excluding diaryl/α,β-unsaturated/α-hetero) is 1. The Bertz CT molecular complexity index is 1460. The van der Waals surface area contributed by atoms with Crippen molar-refractivity contribution in [3.63, 3.8) is 0 Å². The van der Waals surface area contributed by atoms with Gasteiger partial charge in [0.15, 0.2) is 10.9 Å². The van der Waals surface area contributed by atoms with E-state index in [0.717, 1.165) is 16.8 Å². The van der Waals surface area contributed by atoms with Crippen molar-refractivity contribution in [2.45, 2.75) is 31.0 Å². The molecular formula is C27H23N3O3S. The number of carbonyl (C=O) groups is 2. The summed E-state index contributed by atoms with van der Waals surface area (Å²) in [4.78, 5) is 42.9. The summed E-state index contributed by atoms with van der Waals surface area (Å²) in [7, 11) is 0. The van der Waals surface area contributed by atoms with Crippen LogP contribution in [-0.2, 0) is 11.2 Å². The second kappa shape index (κ2) is 9.27. The number of amides is 1. The number of aryl methyl sites for hydroxylation is 1. The minimum atomic E-state index is -0.240. The number of thioether (sulfide) groups is 1. The predicted molar refractivity (Wildman–Crippen MR) is 135 cm³/mol. The van der Waals surface area contributed by atoms with Gasteiger partial charge in [-0.1, -0.05) is 54.2 Å². The summed E-state index contributed by atoms with van der Waals surface area (Å²) in [6, 6.07) is 22.2. The molecule has 4 aromatic rings. The minimum Gasteiger partial charge on any atom is -0.326 e. The lowest BCUT2D eigenvalue weighted by molar-refractivity contribution is -0.116. The lowest BCUT2D eigenvalue weighted by Gasteiger charge is -2.20. The Morgan fingerprint density at radius 1 is 1.03 bits per heavy atom. The molecule has 0 spiro atoms. The van der Waals surface area contributed by atoms with Gasteiger partial charge in [0.2, 0.25) is 5.91 Å². The molecular weight excluding hydrogens is 446 g/mol. The SMILES string of the molecule is CC(c1ccccc1)n1c(SCC(=O)c2ccc3c(c2)CCC(=O)N3)nc2ccccc2c1=O. The van der Waals surface area contributed by atoms with Crippen LogP contribution >= 0.6 is 11.8 Å². The van der Waals surface area contributed by atoms with Crippen LogP contribution in [0.1, 0.15) is 40.9 Å². The van der Waals surface area contributed by atoms with Crippen molar-refractivity contribution in [3.8, 4) is 0 Å². The number of nitrogens with one attached hydrogen (secondary N) is 1. The fourth-order valence-corrected chi connectivity index (χ4v) is 5.19. The van der Waals surface area contributed by atoms with Crippen molar-refractivity contribution >= 4 is 40.0 Å². The maximum absolute atomic E-state index is 13.5. The monoisotopic (exact) mass is 469 g/mol. The number of anilines is 1. The van der Waals surface area contributed by atoms with Gasteiger partial charge in [0.25, 0.3) is 5.56 Å². The molecule has 0 radical (unpaired) electrons. The number of hydrogen-bond acceptors (Lipinski definition) is 5. The number of carbonyl (C=O) groups excluding carboxylic acids is 2. The van der Waals surface area contributed by atoms with E-state index in [4.69, 9.17) is 4.98 Å². The Hall–Kier alpha value is -3.71. The van der Waals surface area contributed by atoms with E-state index in [1.807, 2.05) is 61.5 Å². The third kappa shape index (κ3) is 4.26. The Kier molecular flexibility index (Phi) is 6.02. The summed E-state index contributed by atoms with van der Waals surface area (Å²) in [5, 5.41) is 3.91. The largest absolute Gasteiger partial charge is 0.326 e. The summed E-state index contributed by atoms with van der Waals surface area (Å²) in [5.74, 6) is 0.0956. The number of ketones is 1. The molecule has 1 aromatic heterocycles. The highest BCUT2D eigenvalue weighted by atomic mass is 32.2. The molecule has 1 amide bonds. The average molecular weight is 470 g/mol. The van der Waals surface area contributed by atoms with E-state index in [9.17, 15) is 14.4 Å². The van der Waals surface area contributed by atoms with Crippen LogP contribution in [0.4, 0.5) is 5.69 Å². The van der Waals surface area contributed by atoms with Crippen LogP contribution in [-0.4, -0.2) is 27.0 Å². The molecule has 0 fully saturated rings. The van der Waals surface area contributed by atoms with Crippen LogP contribution < -0.4 is 10.9 Å². The first kappa shape index (κ1) is 22.1. The third-order valence-corrected chi connectivity index (χ3v) is 7.05. The fourth-order valence-electron chi connectivity index (χ4n) is 4.22. The van der Waals surface area contributed by atoms with Crippen LogP contribution in [0.3, 0.4) is 0 Å². The molecule has 1 unspecified atom stereocenters. The molecule has 1 aliphatic rings. The van der Waals surface area contributed by atoms with Crippen molar-refractivity contribution < 1.29 is 9.59 Å². The van der Waals surface area contributed by atoms with Crippen molar-refractivity contribution in [3.05, 3.63) is 99.8 Å². The van der Waals surface area contributed by atoms with Gasteiger partial charge < -0.3 is 5.32 Å². The molecule has 0 saturated heterocycles. The van der Waals surface area contributed by atoms with Gasteiger partial charge in [-0.25, -0.2) is 4.98 Å². The van der Waals surface area contributed by atoms with Crippen LogP contribution in [0.25, 0.3) is 10.9 Å². The van der Waals surface area contributed by atoms with Gasteiger partial charge in [0.1, 0.15) is 0 Å². The number of benzene rings is 3. The maximum atomic E-state index is 13.5. The topological polar surface area (TPSA) is 81.1 Å². The molecule has 2 heterocycles. The Labute approximate surface area is 201 Å². The van der Waals surface area contributed by atoms with Gasteiger partial charge >= 0.3 is 0 Å². The van der Waals surface area contributed by atoms with Crippen molar-refractivity contribution in [2.24, 2.45) is 0 Å². The first-order chi connectivity index (χ1) is 16.5. The Morgan fingerprint density at radius 2 is 1.79 bits per heavy atom. The first-order valence-corrected chi connectivity index (χ1v) is 12.1. The first-order valence-electron chi connectivity index (χ1n) is 11.2. The molecule has 7 heteroatoms. The van der Waals surface area contributed by atoms with Crippen molar-refractivity contribution in [1.82, 2.24) is 9.55 Å². The van der Waals surface area contributed by atoms with Gasteiger partial charge in [-0.2, -0.15) is 0 Å². The standard InChI is InChI=1S/C27H23N3O3S/c1-17(18-7-3-2-4-8-18)30-26(33)21-9-5-6-10-23(21)29-27(30)34-16-24(31)20-11-13-22-19(15-20)12-14-25(32)28-22/h2-11,13,15,17H,12,14,16H2,1H3,(H,28,32). The Balaban J connectivity index is 1.47. The zero-order valence-corrected chi connectivity index (χ0v) is 19.5. The lowest BCUT2D eigenvalue weighted by Crippen LogP contribution is -2.27. The lowest BCUT2D eigenvalue weighted by atomic mass is 9.99. The quantitative estimate of drug-likeness (QED) is 0.248. The predicted octanol–water partition coefficient (Wildman–Crippen LogP) is 4.87. The minimum absolute atomic E-state index is 0.00461. The second-order valence-electron chi connectivity index (χ2n) is 8.31. The normalized spacial score (nSPS) is 13.9. The highest BCUT2D eigenvalue weighted by molar-refractivity contribution is 7.99. The van der Waals surface area contributed by atoms with E-state index >= 15 is 0 Å². The smallest absolute Gasteiger partial charge is 0.262 e. The molecule has 1 N–H and O–H groups in total. The number of fused-ring (bicyclic) bond motifs is 2. The highest BCUT2D eigenvalue weighted by Crippen LogP contribution is 2.27. The number of aromatic nitrogens is 2. The van der Waals surface area contributed by atoms with Gasteiger partial charge in [0, 0.05) is 17.7 Å².